The van der Waals surface area contributed by atoms with Crippen LogP contribution in [0.1, 0.15) is 12.8 Å². The summed E-state index contributed by atoms with van der Waals surface area (Å²) in [6, 6.07) is 0. The predicted octanol–water partition coefficient (Wildman–Crippen LogP) is 1.14. The van der Waals surface area contributed by atoms with E-state index in [0.29, 0.717) is 12.5 Å². The van der Waals surface area contributed by atoms with E-state index in [1.54, 1.807) is 7.11 Å². The van der Waals surface area contributed by atoms with Gasteiger partial charge in [0.1, 0.15) is 0 Å². The fourth-order valence-corrected chi connectivity index (χ4v) is 3.14. The van der Waals surface area contributed by atoms with Crippen molar-refractivity contribution in [1.82, 2.24) is 0 Å². The van der Waals surface area contributed by atoms with Gasteiger partial charge in [-0.3, -0.25) is 4.79 Å². The molecule has 0 radical (unpaired) electrons. The summed E-state index contributed by atoms with van der Waals surface area (Å²) in [5.41, 5.74) is 0. The zero-order valence-electron chi connectivity index (χ0n) is 8.23. The van der Waals surface area contributed by atoms with Crippen molar-refractivity contribution in [3.8, 4) is 0 Å². The van der Waals surface area contributed by atoms with E-state index < -0.39 is 5.79 Å². The van der Waals surface area contributed by atoms with Crippen molar-refractivity contribution in [2.75, 3.05) is 13.7 Å². The highest BCUT2D eigenvalue weighted by atomic mass is 16.7. The van der Waals surface area contributed by atoms with Crippen LogP contribution in [0, 0.1) is 17.8 Å². The molecular weight excluding hydrogens is 180 g/mol. The van der Waals surface area contributed by atoms with Crippen LogP contribution in [0.3, 0.4) is 0 Å². The molecule has 3 heteroatoms. The van der Waals surface area contributed by atoms with Gasteiger partial charge in [-0.2, -0.15) is 0 Å². The van der Waals surface area contributed by atoms with Crippen LogP contribution in [0.5, 0.6) is 0 Å². The van der Waals surface area contributed by atoms with E-state index in [1.807, 2.05) is 6.08 Å². The summed E-state index contributed by atoms with van der Waals surface area (Å²) in [6.07, 6.45) is 6.19. The molecule has 3 nitrogen and oxygen atoms in total. The zero-order valence-corrected chi connectivity index (χ0v) is 8.23. The molecule has 0 aromatic carbocycles. The van der Waals surface area contributed by atoms with Crippen molar-refractivity contribution in [3.63, 3.8) is 0 Å². The second-order valence-corrected chi connectivity index (χ2v) is 4.39. The summed E-state index contributed by atoms with van der Waals surface area (Å²) in [5, 5.41) is 0. The number of allylic oxidation sites excluding steroid dienone is 1. The van der Waals surface area contributed by atoms with Crippen LogP contribution in [0.4, 0.5) is 0 Å². The maximum Gasteiger partial charge on any atom is 0.236 e. The third kappa shape index (κ3) is 0.823. The van der Waals surface area contributed by atoms with Gasteiger partial charge in [0.05, 0.1) is 6.61 Å². The molecule has 1 aliphatic heterocycles. The minimum Gasteiger partial charge on any atom is -0.347 e. The van der Waals surface area contributed by atoms with Crippen LogP contribution in [0.2, 0.25) is 0 Å². The number of carbonyl (C=O) groups is 1. The largest absolute Gasteiger partial charge is 0.347 e. The Hall–Kier alpha value is -0.670. The van der Waals surface area contributed by atoms with Crippen molar-refractivity contribution in [1.29, 1.82) is 0 Å². The van der Waals surface area contributed by atoms with E-state index in [1.165, 1.54) is 0 Å². The van der Waals surface area contributed by atoms with Gasteiger partial charge in [0.2, 0.25) is 5.79 Å². The molecule has 0 N–H and O–H groups in total. The third-order valence-electron chi connectivity index (χ3n) is 3.84. The van der Waals surface area contributed by atoms with Crippen LogP contribution in [0.15, 0.2) is 12.2 Å². The molecule has 0 amide bonds. The zero-order chi connectivity index (χ0) is 9.76. The van der Waals surface area contributed by atoms with E-state index in [2.05, 4.69) is 6.08 Å². The molecule has 4 bridgehead atoms. The second-order valence-electron chi connectivity index (χ2n) is 4.39. The van der Waals surface area contributed by atoms with Gasteiger partial charge in [-0.25, -0.2) is 0 Å². The molecular formula is C11H14O3. The van der Waals surface area contributed by atoms with Gasteiger partial charge in [0, 0.05) is 18.9 Å². The molecule has 1 saturated carbocycles. The number of Topliss-reactive ketones (excluding diaryl/α,β-unsaturated/α-hetero) is 1. The molecule has 2 fully saturated rings. The Morgan fingerprint density at radius 1 is 1.57 bits per heavy atom. The van der Waals surface area contributed by atoms with Crippen LogP contribution in [0.25, 0.3) is 0 Å². The molecule has 76 valence electrons. The first kappa shape index (κ1) is 8.62. The molecule has 1 heterocycles. The monoisotopic (exact) mass is 194 g/mol. The summed E-state index contributed by atoms with van der Waals surface area (Å²) in [4.78, 5) is 12.0. The van der Waals surface area contributed by atoms with Crippen molar-refractivity contribution in [2.45, 2.75) is 18.6 Å². The summed E-state index contributed by atoms with van der Waals surface area (Å²) in [5.74, 6) is -0.0375. The van der Waals surface area contributed by atoms with Gasteiger partial charge in [-0.1, -0.05) is 12.2 Å². The van der Waals surface area contributed by atoms with E-state index >= 15 is 0 Å². The highest BCUT2D eigenvalue weighted by Crippen LogP contribution is 2.50. The average molecular weight is 194 g/mol. The summed E-state index contributed by atoms with van der Waals surface area (Å²) in [7, 11) is 1.58. The molecule has 1 saturated heterocycles. The number of rotatable bonds is 1. The lowest BCUT2D eigenvalue weighted by atomic mass is 9.62. The highest BCUT2D eigenvalue weighted by molar-refractivity contribution is 5.92. The van der Waals surface area contributed by atoms with Crippen molar-refractivity contribution in [2.24, 2.45) is 17.8 Å². The Kier molecular flexibility index (Phi) is 1.65. The Balaban J connectivity index is 2.09. The fourth-order valence-electron chi connectivity index (χ4n) is 3.14. The van der Waals surface area contributed by atoms with Crippen molar-refractivity contribution >= 4 is 5.78 Å². The Morgan fingerprint density at radius 2 is 2.43 bits per heavy atom. The average Bonchev–Trinajstić information content (AvgIpc) is 2.25. The number of ketones is 1. The van der Waals surface area contributed by atoms with Crippen molar-refractivity contribution in [3.05, 3.63) is 12.2 Å². The second kappa shape index (κ2) is 2.67. The molecule has 4 aliphatic rings. The molecule has 3 aliphatic carbocycles. The number of ether oxygens (including phenoxy) is 2. The maximum absolute atomic E-state index is 12.0. The number of hydrogen-bond acceptors (Lipinski definition) is 3. The van der Waals surface area contributed by atoms with Gasteiger partial charge in [-0.05, 0) is 18.8 Å². The smallest absolute Gasteiger partial charge is 0.236 e. The van der Waals surface area contributed by atoms with Gasteiger partial charge < -0.3 is 9.47 Å². The predicted molar refractivity (Wildman–Crippen MR) is 49.5 cm³/mol. The first-order valence-electron chi connectivity index (χ1n) is 5.19. The lowest BCUT2D eigenvalue weighted by molar-refractivity contribution is -0.273. The first-order valence-corrected chi connectivity index (χ1v) is 5.19. The van der Waals surface area contributed by atoms with Gasteiger partial charge in [-0.15, -0.1) is 0 Å². The number of hydrogen-bond donors (Lipinski definition) is 0. The fraction of sp³-hybridized carbons (Fsp3) is 0.727. The molecule has 14 heavy (non-hydrogen) atoms. The first-order chi connectivity index (χ1) is 6.78. The highest BCUT2D eigenvalue weighted by Gasteiger charge is 2.59. The molecule has 0 spiro atoms. The van der Waals surface area contributed by atoms with E-state index in [9.17, 15) is 4.79 Å². The standard InChI is InChI=1S/C11H14O3/c1-13-11-9-3-2-8(10(11)12)6-7(9)4-5-14-11/h2-3,7-9H,4-6H2,1H3/t7-,8-,9+,11-/m1/s1. The lowest BCUT2D eigenvalue weighted by Gasteiger charge is -2.52. The quantitative estimate of drug-likeness (QED) is 0.587. The van der Waals surface area contributed by atoms with E-state index in [-0.39, 0.29) is 17.6 Å². The van der Waals surface area contributed by atoms with Crippen LogP contribution < -0.4 is 0 Å². The lowest BCUT2D eigenvalue weighted by Crippen LogP contribution is -2.62. The topological polar surface area (TPSA) is 35.5 Å². The minimum atomic E-state index is -0.930. The van der Waals surface area contributed by atoms with Gasteiger partial charge in [0.25, 0.3) is 0 Å². The van der Waals surface area contributed by atoms with E-state index in [4.69, 9.17) is 9.47 Å². The summed E-state index contributed by atoms with van der Waals surface area (Å²) >= 11 is 0. The number of methoxy groups -OCH3 is 1. The van der Waals surface area contributed by atoms with Crippen molar-refractivity contribution < 1.29 is 14.3 Å². The summed E-state index contributed by atoms with van der Waals surface area (Å²) in [6.45, 7) is 0.654. The van der Waals surface area contributed by atoms with Gasteiger partial charge >= 0.3 is 0 Å². The third-order valence-corrected chi connectivity index (χ3v) is 3.84. The van der Waals surface area contributed by atoms with Crippen LogP contribution in [-0.4, -0.2) is 25.3 Å². The molecule has 0 unspecified atom stereocenters. The Morgan fingerprint density at radius 3 is 3.14 bits per heavy atom. The minimum absolute atomic E-state index is 0.0326. The normalized spacial score (nSPS) is 49.8. The summed E-state index contributed by atoms with van der Waals surface area (Å²) < 4.78 is 11.0. The maximum atomic E-state index is 12.0. The van der Waals surface area contributed by atoms with Crippen LogP contribution in [-0.2, 0) is 14.3 Å². The SMILES string of the molecule is CO[C@@]12OCC[C@@H]3C[C@@H](C=C[C@@H]31)C2=O. The Labute approximate surface area is 83.1 Å². The molecule has 4 rings (SSSR count). The van der Waals surface area contributed by atoms with Crippen LogP contribution >= 0.6 is 0 Å². The Bertz CT molecular complexity index is 310. The molecule has 0 aromatic heterocycles. The van der Waals surface area contributed by atoms with Gasteiger partial charge in [0.15, 0.2) is 5.78 Å². The molecule has 4 atom stereocenters. The number of carbonyl (C=O) groups excluding carboxylic acids is 1. The van der Waals surface area contributed by atoms with E-state index in [0.717, 1.165) is 12.8 Å². The molecule has 0 aromatic rings.